The first-order valence-electron chi connectivity index (χ1n) is 10.0. The predicted molar refractivity (Wildman–Crippen MR) is 127 cm³/mol. The highest BCUT2D eigenvalue weighted by molar-refractivity contribution is 6.33. The molecule has 0 aliphatic rings. The molecule has 3 aromatic rings. The molecule has 170 valence electrons. The predicted octanol–water partition coefficient (Wildman–Crippen LogP) is 4.71. The number of ether oxygens (including phenoxy) is 3. The van der Waals surface area contributed by atoms with E-state index in [9.17, 15) is 9.59 Å². The highest BCUT2D eigenvalue weighted by Crippen LogP contribution is 2.29. The molecule has 33 heavy (non-hydrogen) atoms. The van der Waals surface area contributed by atoms with Crippen molar-refractivity contribution < 1.29 is 23.8 Å². The minimum absolute atomic E-state index is 0.165. The Kier molecular flexibility index (Phi) is 8.05. The molecule has 0 atom stereocenters. The number of rotatable bonds is 8. The van der Waals surface area contributed by atoms with Crippen LogP contribution in [0, 0.1) is 13.8 Å². The van der Waals surface area contributed by atoms with Crippen molar-refractivity contribution in [3.63, 3.8) is 0 Å². The molecular formula is C25H23ClN2O5. The average molecular weight is 467 g/mol. The van der Waals surface area contributed by atoms with Crippen molar-refractivity contribution in [1.29, 1.82) is 0 Å². The van der Waals surface area contributed by atoms with Crippen molar-refractivity contribution in [1.82, 2.24) is 5.43 Å². The summed E-state index contributed by atoms with van der Waals surface area (Å²) in [6.45, 7) is 3.74. The van der Waals surface area contributed by atoms with Gasteiger partial charge >= 0.3 is 5.97 Å². The number of aryl methyl sites for hydroxylation is 2. The van der Waals surface area contributed by atoms with Crippen LogP contribution in [0.3, 0.4) is 0 Å². The summed E-state index contributed by atoms with van der Waals surface area (Å²) < 4.78 is 16.2. The number of halogens is 1. The minimum atomic E-state index is -0.601. The molecule has 7 nitrogen and oxygen atoms in total. The fraction of sp³-hybridized carbons (Fsp3) is 0.160. The van der Waals surface area contributed by atoms with Crippen LogP contribution in [0.15, 0.2) is 65.8 Å². The van der Waals surface area contributed by atoms with Gasteiger partial charge < -0.3 is 14.2 Å². The van der Waals surface area contributed by atoms with Gasteiger partial charge in [0.2, 0.25) is 0 Å². The standard InChI is InChI=1S/C25H23ClN2O5/c1-16-8-10-21(17(2)12-16)32-15-24(29)28-27-14-18-9-11-22(23(13-18)31-3)33-25(30)19-6-4-5-7-20(19)26/h4-14H,15H2,1-3H3,(H,28,29)/b27-14+. The highest BCUT2D eigenvalue weighted by atomic mass is 35.5. The molecule has 1 amide bonds. The third-order valence-corrected chi connectivity index (χ3v) is 4.91. The van der Waals surface area contributed by atoms with Crippen LogP contribution in [0.2, 0.25) is 5.02 Å². The van der Waals surface area contributed by atoms with E-state index in [1.165, 1.54) is 13.3 Å². The van der Waals surface area contributed by atoms with E-state index in [1.54, 1.807) is 42.5 Å². The fourth-order valence-electron chi connectivity index (χ4n) is 2.95. The van der Waals surface area contributed by atoms with Crippen LogP contribution in [0.1, 0.15) is 27.0 Å². The summed E-state index contributed by atoms with van der Waals surface area (Å²) in [6, 6.07) is 17.2. The van der Waals surface area contributed by atoms with Crippen LogP contribution in [-0.4, -0.2) is 31.8 Å². The zero-order valence-corrected chi connectivity index (χ0v) is 19.2. The Hall–Kier alpha value is -3.84. The summed E-state index contributed by atoms with van der Waals surface area (Å²) in [5, 5.41) is 4.22. The van der Waals surface area contributed by atoms with E-state index < -0.39 is 11.9 Å². The van der Waals surface area contributed by atoms with Crippen molar-refractivity contribution in [2.24, 2.45) is 5.10 Å². The number of hydrazone groups is 1. The van der Waals surface area contributed by atoms with Crippen molar-refractivity contribution >= 4 is 29.7 Å². The van der Waals surface area contributed by atoms with Crippen LogP contribution >= 0.6 is 11.6 Å². The zero-order valence-electron chi connectivity index (χ0n) is 18.4. The minimum Gasteiger partial charge on any atom is -0.493 e. The zero-order chi connectivity index (χ0) is 23.8. The molecule has 0 saturated heterocycles. The van der Waals surface area contributed by atoms with Gasteiger partial charge in [0.05, 0.1) is 23.9 Å². The number of benzene rings is 3. The Labute approximate surface area is 196 Å². The van der Waals surface area contributed by atoms with Crippen molar-refractivity contribution in [2.75, 3.05) is 13.7 Å². The molecule has 0 aromatic heterocycles. The maximum absolute atomic E-state index is 12.4. The number of nitrogens with zero attached hydrogens (tertiary/aromatic N) is 1. The Morgan fingerprint density at radius 3 is 2.48 bits per heavy atom. The molecule has 0 bridgehead atoms. The molecule has 3 aromatic carbocycles. The second-order valence-corrected chi connectivity index (χ2v) is 7.54. The monoisotopic (exact) mass is 466 g/mol. The molecule has 0 aliphatic heterocycles. The van der Waals surface area contributed by atoms with Gasteiger partial charge in [-0.3, -0.25) is 4.79 Å². The van der Waals surface area contributed by atoms with Crippen LogP contribution in [-0.2, 0) is 4.79 Å². The molecule has 0 heterocycles. The molecule has 0 unspecified atom stereocenters. The number of carbonyl (C=O) groups excluding carboxylic acids is 2. The van der Waals surface area contributed by atoms with Crippen LogP contribution < -0.4 is 19.6 Å². The van der Waals surface area contributed by atoms with Crippen LogP contribution in [0.4, 0.5) is 0 Å². The first-order valence-corrected chi connectivity index (χ1v) is 10.4. The summed E-state index contributed by atoms with van der Waals surface area (Å²) in [6.07, 6.45) is 1.44. The van der Waals surface area contributed by atoms with E-state index in [0.29, 0.717) is 22.1 Å². The third-order valence-electron chi connectivity index (χ3n) is 4.58. The summed E-state index contributed by atoms with van der Waals surface area (Å²) in [4.78, 5) is 24.4. The molecule has 0 saturated carbocycles. The first-order chi connectivity index (χ1) is 15.9. The Morgan fingerprint density at radius 1 is 1.00 bits per heavy atom. The summed E-state index contributed by atoms with van der Waals surface area (Å²) in [5.41, 5.74) is 5.35. The van der Waals surface area contributed by atoms with Gasteiger partial charge in [-0.15, -0.1) is 0 Å². The lowest BCUT2D eigenvalue weighted by atomic mass is 10.1. The summed E-state index contributed by atoms with van der Waals surface area (Å²) in [7, 11) is 1.45. The number of hydrogen-bond acceptors (Lipinski definition) is 6. The van der Waals surface area contributed by atoms with Gasteiger partial charge in [0.15, 0.2) is 18.1 Å². The normalized spacial score (nSPS) is 10.7. The number of hydrogen-bond donors (Lipinski definition) is 1. The molecular weight excluding hydrogens is 444 g/mol. The number of methoxy groups -OCH3 is 1. The van der Waals surface area contributed by atoms with E-state index in [1.807, 2.05) is 32.0 Å². The van der Waals surface area contributed by atoms with E-state index in [0.717, 1.165) is 11.1 Å². The van der Waals surface area contributed by atoms with Crippen LogP contribution in [0.25, 0.3) is 0 Å². The van der Waals surface area contributed by atoms with Gasteiger partial charge in [-0.05, 0) is 61.4 Å². The molecule has 0 radical (unpaired) electrons. The van der Waals surface area contributed by atoms with Crippen molar-refractivity contribution in [3.05, 3.63) is 87.9 Å². The number of nitrogens with one attached hydrogen (secondary N) is 1. The second-order valence-electron chi connectivity index (χ2n) is 7.13. The fourth-order valence-corrected chi connectivity index (χ4v) is 3.16. The largest absolute Gasteiger partial charge is 0.493 e. The number of esters is 1. The quantitative estimate of drug-likeness (QED) is 0.225. The Morgan fingerprint density at radius 2 is 1.76 bits per heavy atom. The van der Waals surface area contributed by atoms with Crippen LogP contribution in [0.5, 0.6) is 17.2 Å². The molecule has 0 fully saturated rings. The van der Waals surface area contributed by atoms with E-state index in [4.69, 9.17) is 25.8 Å². The third kappa shape index (κ3) is 6.57. The second kappa shape index (κ2) is 11.2. The molecule has 1 N–H and O–H groups in total. The maximum atomic E-state index is 12.4. The van der Waals surface area contributed by atoms with Gasteiger partial charge in [0.1, 0.15) is 5.75 Å². The first kappa shape index (κ1) is 23.8. The lowest BCUT2D eigenvalue weighted by Crippen LogP contribution is -2.24. The molecule has 8 heteroatoms. The van der Waals surface area contributed by atoms with Crippen molar-refractivity contribution in [3.8, 4) is 17.2 Å². The molecule has 3 rings (SSSR count). The smallest absolute Gasteiger partial charge is 0.345 e. The van der Waals surface area contributed by atoms with E-state index in [-0.39, 0.29) is 17.9 Å². The SMILES string of the molecule is COc1cc(/C=N/NC(=O)COc2ccc(C)cc2C)ccc1OC(=O)c1ccccc1Cl. The average Bonchev–Trinajstić information content (AvgIpc) is 2.79. The Bertz CT molecular complexity index is 1190. The molecule has 0 aliphatic carbocycles. The van der Waals surface area contributed by atoms with Gasteiger partial charge in [-0.2, -0.15) is 5.10 Å². The number of carbonyl (C=O) groups is 2. The van der Waals surface area contributed by atoms with E-state index >= 15 is 0 Å². The van der Waals surface area contributed by atoms with Gasteiger partial charge in [-0.25, -0.2) is 10.2 Å². The maximum Gasteiger partial charge on any atom is 0.345 e. The Balaban J connectivity index is 1.58. The lowest BCUT2D eigenvalue weighted by molar-refractivity contribution is -0.123. The topological polar surface area (TPSA) is 86.2 Å². The van der Waals surface area contributed by atoms with Crippen molar-refractivity contribution in [2.45, 2.75) is 13.8 Å². The van der Waals surface area contributed by atoms with E-state index in [2.05, 4.69) is 10.5 Å². The highest BCUT2D eigenvalue weighted by Gasteiger charge is 2.15. The lowest BCUT2D eigenvalue weighted by Gasteiger charge is -2.10. The summed E-state index contributed by atoms with van der Waals surface area (Å²) in [5.74, 6) is 0.195. The van der Waals surface area contributed by atoms with Gasteiger partial charge in [-0.1, -0.05) is 41.4 Å². The molecule has 0 spiro atoms. The van der Waals surface area contributed by atoms with Gasteiger partial charge in [0, 0.05) is 0 Å². The summed E-state index contributed by atoms with van der Waals surface area (Å²) >= 11 is 6.05. The van der Waals surface area contributed by atoms with Gasteiger partial charge in [0.25, 0.3) is 5.91 Å². The number of amides is 1.